The van der Waals surface area contributed by atoms with Crippen LogP contribution in [0.2, 0.25) is 5.02 Å². The van der Waals surface area contributed by atoms with Crippen molar-refractivity contribution in [3.8, 4) is 0 Å². The minimum Gasteiger partial charge on any atom is -0.460 e. The second-order valence-electron chi connectivity index (χ2n) is 4.22. The molecule has 92 valence electrons. The maximum absolute atomic E-state index is 6.07. The van der Waals surface area contributed by atoms with Crippen LogP contribution >= 0.6 is 11.6 Å². The number of aryl methyl sites for hydroxylation is 1. The Hall–Kier alpha value is -0.990. The van der Waals surface area contributed by atoms with E-state index in [9.17, 15) is 0 Å². The van der Waals surface area contributed by atoms with Crippen molar-refractivity contribution in [3.63, 3.8) is 0 Å². The van der Waals surface area contributed by atoms with Crippen LogP contribution in [0.4, 0.5) is 0 Å². The molecule has 2 rings (SSSR count). The van der Waals surface area contributed by atoms with Gasteiger partial charge in [0.25, 0.3) is 0 Å². The number of rotatable bonds is 6. The van der Waals surface area contributed by atoms with Gasteiger partial charge in [0.1, 0.15) is 5.76 Å². The Balaban J connectivity index is 1.93. The number of benzene rings is 1. The summed E-state index contributed by atoms with van der Waals surface area (Å²) in [6.45, 7) is 4.30. The van der Waals surface area contributed by atoms with Gasteiger partial charge in [0.2, 0.25) is 0 Å². The molecule has 0 aliphatic carbocycles. The monoisotopic (exact) mass is 251 g/mol. The molecule has 0 fully saturated rings. The molecule has 2 nitrogen and oxygen atoms in total. The summed E-state index contributed by atoms with van der Waals surface area (Å²) in [4.78, 5) is 0. The molecule has 0 amide bonds. The van der Waals surface area contributed by atoms with Gasteiger partial charge >= 0.3 is 0 Å². The zero-order valence-corrected chi connectivity index (χ0v) is 10.9. The Morgan fingerprint density at radius 3 is 2.94 bits per heavy atom. The van der Waals surface area contributed by atoms with Crippen LogP contribution in [-0.2, 0) is 6.42 Å². The summed E-state index contributed by atoms with van der Waals surface area (Å²) in [6.07, 6.45) is 3.24. The van der Waals surface area contributed by atoms with Crippen LogP contribution in [0, 0.1) is 0 Å². The van der Waals surface area contributed by atoms with Crippen molar-refractivity contribution >= 4 is 22.6 Å². The molecule has 0 aliphatic heterocycles. The molecule has 17 heavy (non-hydrogen) atoms. The number of halogens is 1. The fourth-order valence-corrected chi connectivity index (χ4v) is 2.11. The lowest BCUT2D eigenvalue weighted by molar-refractivity contribution is 0.528. The quantitative estimate of drug-likeness (QED) is 0.785. The molecular formula is C14H18ClNO. The van der Waals surface area contributed by atoms with Gasteiger partial charge in [-0.1, -0.05) is 30.7 Å². The van der Waals surface area contributed by atoms with E-state index >= 15 is 0 Å². The van der Waals surface area contributed by atoms with Crippen LogP contribution in [0.3, 0.4) is 0 Å². The molecule has 2 aromatic rings. The summed E-state index contributed by atoms with van der Waals surface area (Å²) >= 11 is 6.07. The fourth-order valence-electron chi connectivity index (χ4n) is 1.89. The first-order valence-electron chi connectivity index (χ1n) is 6.19. The van der Waals surface area contributed by atoms with Crippen LogP contribution in [0.25, 0.3) is 11.0 Å². The van der Waals surface area contributed by atoms with Gasteiger partial charge < -0.3 is 9.73 Å². The lowest BCUT2D eigenvalue weighted by Gasteiger charge is -2.00. The minimum absolute atomic E-state index is 0.692. The zero-order valence-electron chi connectivity index (χ0n) is 10.1. The van der Waals surface area contributed by atoms with Gasteiger partial charge in [-0.25, -0.2) is 0 Å². The summed E-state index contributed by atoms with van der Waals surface area (Å²) in [6, 6.07) is 7.93. The van der Waals surface area contributed by atoms with E-state index in [2.05, 4.69) is 18.3 Å². The molecule has 0 spiro atoms. The van der Waals surface area contributed by atoms with Crippen LogP contribution in [0.5, 0.6) is 0 Å². The topological polar surface area (TPSA) is 25.2 Å². The third-order valence-electron chi connectivity index (χ3n) is 2.75. The second-order valence-corrected chi connectivity index (χ2v) is 4.63. The van der Waals surface area contributed by atoms with Gasteiger partial charge in [-0.15, -0.1) is 0 Å². The predicted octanol–water partition coefficient (Wildman–Crippen LogP) is 4.02. The molecule has 0 saturated heterocycles. The number of fused-ring (bicyclic) bond motifs is 1. The zero-order chi connectivity index (χ0) is 12.1. The van der Waals surface area contributed by atoms with E-state index in [1.54, 1.807) is 0 Å². The Morgan fingerprint density at radius 2 is 2.18 bits per heavy atom. The Labute approximate surface area is 107 Å². The molecule has 0 radical (unpaired) electrons. The maximum Gasteiger partial charge on any atom is 0.152 e. The van der Waals surface area contributed by atoms with E-state index in [1.807, 2.05) is 18.2 Å². The smallest absolute Gasteiger partial charge is 0.152 e. The normalized spacial score (nSPS) is 11.2. The van der Waals surface area contributed by atoms with Crippen LogP contribution in [-0.4, -0.2) is 13.1 Å². The average Bonchev–Trinajstić information content (AvgIpc) is 2.73. The SMILES string of the molecule is CCCNCCCc1cc2cccc(Cl)c2o1. The Bertz CT molecular complexity index is 478. The van der Waals surface area contributed by atoms with E-state index < -0.39 is 0 Å². The summed E-state index contributed by atoms with van der Waals surface area (Å²) in [5.41, 5.74) is 0.811. The predicted molar refractivity (Wildman–Crippen MR) is 72.7 cm³/mol. The minimum atomic E-state index is 0.692. The highest BCUT2D eigenvalue weighted by Gasteiger charge is 2.06. The van der Waals surface area contributed by atoms with Crippen molar-refractivity contribution < 1.29 is 4.42 Å². The van der Waals surface area contributed by atoms with Gasteiger partial charge in [-0.3, -0.25) is 0 Å². The van der Waals surface area contributed by atoms with E-state index in [1.165, 1.54) is 6.42 Å². The van der Waals surface area contributed by atoms with Crippen LogP contribution in [0.1, 0.15) is 25.5 Å². The van der Waals surface area contributed by atoms with Gasteiger partial charge in [0.05, 0.1) is 5.02 Å². The van der Waals surface area contributed by atoms with Crippen molar-refractivity contribution in [1.29, 1.82) is 0 Å². The standard InChI is InChI=1S/C14H18ClNO/c1-2-8-16-9-4-6-12-10-11-5-3-7-13(15)14(11)17-12/h3,5,7,10,16H,2,4,6,8-9H2,1H3. The molecule has 0 saturated carbocycles. The van der Waals surface area contributed by atoms with Crippen molar-refractivity contribution in [2.75, 3.05) is 13.1 Å². The van der Waals surface area contributed by atoms with E-state index in [0.29, 0.717) is 5.02 Å². The third kappa shape index (κ3) is 3.24. The van der Waals surface area contributed by atoms with Gasteiger partial charge in [-0.05, 0) is 38.1 Å². The van der Waals surface area contributed by atoms with Gasteiger partial charge in [0, 0.05) is 11.8 Å². The molecule has 0 atom stereocenters. The molecule has 0 unspecified atom stereocenters. The summed E-state index contributed by atoms with van der Waals surface area (Å²) in [7, 11) is 0. The Morgan fingerprint density at radius 1 is 1.29 bits per heavy atom. The fraction of sp³-hybridized carbons (Fsp3) is 0.429. The van der Waals surface area contributed by atoms with Gasteiger partial charge in [-0.2, -0.15) is 0 Å². The first-order chi connectivity index (χ1) is 8.31. The number of hydrogen-bond acceptors (Lipinski definition) is 2. The van der Waals surface area contributed by atoms with E-state index in [0.717, 1.165) is 42.7 Å². The summed E-state index contributed by atoms with van der Waals surface area (Å²) < 4.78 is 5.75. The lowest BCUT2D eigenvalue weighted by Crippen LogP contribution is -2.16. The number of furan rings is 1. The molecule has 1 heterocycles. The summed E-state index contributed by atoms with van der Waals surface area (Å²) in [5.74, 6) is 1.02. The number of nitrogens with one attached hydrogen (secondary N) is 1. The van der Waals surface area contributed by atoms with E-state index in [4.69, 9.17) is 16.0 Å². The highest BCUT2D eigenvalue weighted by atomic mass is 35.5. The molecule has 1 aromatic carbocycles. The first kappa shape index (κ1) is 12.5. The van der Waals surface area contributed by atoms with Crippen molar-refractivity contribution in [2.24, 2.45) is 0 Å². The summed E-state index contributed by atoms with van der Waals surface area (Å²) in [5, 5.41) is 5.17. The van der Waals surface area contributed by atoms with Gasteiger partial charge in [0.15, 0.2) is 5.58 Å². The largest absolute Gasteiger partial charge is 0.460 e. The van der Waals surface area contributed by atoms with Crippen molar-refractivity contribution in [2.45, 2.75) is 26.2 Å². The molecular weight excluding hydrogens is 234 g/mol. The second kappa shape index (κ2) is 6.08. The highest BCUT2D eigenvalue weighted by Crippen LogP contribution is 2.26. The molecule has 0 bridgehead atoms. The average molecular weight is 252 g/mol. The highest BCUT2D eigenvalue weighted by molar-refractivity contribution is 6.34. The number of para-hydroxylation sites is 1. The molecule has 0 aliphatic rings. The molecule has 1 N–H and O–H groups in total. The van der Waals surface area contributed by atoms with Crippen molar-refractivity contribution in [3.05, 3.63) is 35.0 Å². The van der Waals surface area contributed by atoms with Crippen LogP contribution < -0.4 is 5.32 Å². The molecule has 1 aromatic heterocycles. The van der Waals surface area contributed by atoms with Crippen molar-refractivity contribution in [1.82, 2.24) is 5.32 Å². The Kier molecular flexibility index (Phi) is 4.46. The van der Waals surface area contributed by atoms with E-state index in [-0.39, 0.29) is 0 Å². The lowest BCUT2D eigenvalue weighted by atomic mass is 10.2. The molecule has 3 heteroatoms. The third-order valence-corrected chi connectivity index (χ3v) is 3.05. The van der Waals surface area contributed by atoms with Crippen LogP contribution in [0.15, 0.2) is 28.7 Å². The maximum atomic E-state index is 6.07. The number of hydrogen-bond donors (Lipinski definition) is 1. The first-order valence-corrected chi connectivity index (χ1v) is 6.56.